The standard InChI is InChI=1S/C32H45N5O3/c1-31(2,3)21-35-30-23-13-8-7-12-22(23)20-37(25-15-10-9-14-24(25)29(30)33)28(40)18-19-34-26(38)16-11-17-27(39)36-32(4,5)6/h7-10,12-15,35H,11,16-21,33H2,1-6H3,(H,34,38)(H,36,39)/b30-29-. The largest absolute Gasteiger partial charge is 0.396 e. The zero-order valence-corrected chi connectivity index (χ0v) is 24.8. The van der Waals surface area contributed by atoms with E-state index in [0.29, 0.717) is 18.7 Å². The van der Waals surface area contributed by atoms with Gasteiger partial charge in [-0.15, -0.1) is 0 Å². The predicted molar refractivity (Wildman–Crippen MR) is 162 cm³/mol. The monoisotopic (exact) mass is 547 g/mol. The van der Waals surface area contributed by atoms with Crippen molar-refractivity contribution in [2.45, 2.75) is 79.3 Å². The minimum Gasteiger partial charge on any atom is -0.396 e. The minimum atomic E-state index is -0.295. The summed E-state index contributed by atoms with van der Waals surface area (Å²) in [6, 6.07) is 15.7. The van der Waals surface area contributed by atoms with E-state index < -0.39 is 0 Å². The molecule has 5 N–H and O–H groups in total. The molecule has 3 amide bonds. The Morgan fingerprint density at radius 1 is 0.850 bits per heavy atom. The Morgan fingerprint density at radius 3 is 2.15 bits per heavy atom. The molecule has 1 aliphatic rings. The molecule has 0 aromatic heterocycles. The van der Waals surface area contributed by atoms with Crippen LogP contribution < -0.4 is 26.6 Å². The van der Waals surface area contributed by atoms with Crippen molar-refractivity contribution in [3.63, 3.8) is 0 Å². The summed E-state index contributed by atoms with van der Waals surface area (Å²) in [6.45, 7) is 13.6. The van der Waals surface area contributed by atoms with Gasteiger partial charge in [-0.1, -0.05) is 63.2 Å². The Morgan fingerprint density at radius 2 is 1.48 bits per heavy atom. The number of fused-ring (bicyclic) bond motifs is 2. The van der Waals surface area contributed by atoms with Gasteiger partial charge in [0, 0.05) is 49.0 Å². The number of para-hydroxylation sites is 1. The number of hydrogen-bond donors (Lipinski definition) is 4. The first-order valence-electron chi connectivity index (χ1n) is 14.0. The van der Waals surface area contributed by atoms with Crippen LogP contribution in [0.1, 0.15) is 83.9 Å². The van der Waals surface area contributed by atoms with Crippen molar-refractivity contribution < 1.29 is 14.4 Å². The molecule has 3 rings (SSSR count). The molecule has 0 radical (unpaired) electrons. The van der Waals surface area contributed by atoms with Crippen LogP contribution in [0.25, 0.3) is 11.4 Å². The molecule has 1 aliphatic heterocycles. The summed E-state index contributed by atoms with van der Waals surface area (Å²) in [6.07, 6.45) is 1.12. The number of nitrogens with zero attached hydrogens (tertiary/aromatic N) is 1. The van der Waals surface area contributed by atoms with Gasteiger partial charge in [0.25, 0.3) is 0 Å². The number of nitrogens with one attached hydrogen (secondary N) is 3. The van der Waals surface area contributed by atoms with Crippen molar-refractivity contribution in [2.24, 2.45) is 11.1 Å². The summed E-state index contributed by atoms with van der Waals surface area (Å²) in [5.41, 5.74) is 11.5. The number of anilines is 1. The van der Waals surface area contributed by atoms with Gasteiger partial charge in [-0.3, -0.25) is 14.4 Å². The van der Waals surface area contributed by atoms with Crippen LogP contribution in [0, 0.1) is 5.41 Å². The van der Waals surface area contributed by atoms with Gasteiger partial charge in [0.15, 0.2) is 0 Å². The van der Waals surface area contributed by atoms with E-state index in [4.69, 9.17) is 5.73 Å². The molecule has 216 valence electrons. The SMILES string of the molecule is CC(C)(C)CN/C1=C(\N)c2ccccc2N(C(=O)CCNC(=O)CCCC(=O)NC(C)(C)C)Cc2ccccc21. The molecule has 0 saturated carbocycles. The van der Waals surface area contributed by atoms with Crippen LogP contribution in [-0.4, -0.2) is 36.3 Å². The van der Waals surface area contributed by atoms with Crippen molar-refractivity contribution in [2.75, 3.05) is 18.0 Å². The lowest BCUT2D eigenvalue weighted by Gasteiger charge is -2.31. The van der Waals surface area contributed by atoms with Crippen LogP contribution >= 0.6 is 0 Å². The highest BCUT2D eigenvalue weighted by molar-refractivity contribution is 6.01. The molecule has 8 nitrogen and oxygen atoms in total. The third kappa shape index (κ3) is 8.86. The molecular weight excluding hydrogens is 502 g/mol. The third-order valence-corrected chi connectivity index (χ3v) is 6.45. The number of benzene rings is 2. The molecule has 0 fully saturated rings. The Kier molecular flexibility index (Phi) is 10.0. The molecule has 0 aliphatic carbocycles. The van der Waals surface area contributed by atoms with Crippen molar-refractivity contribution in [1.29, 1.82) is 0 Å². The third-order valence-electron chi connectivity index (χ3n) is 6.45. The van der Waals surface area contributed by atoms with Gasteiger partial charge in [-0.25, -0.2) is 0 Å². The molecule has 2 aromatic rings. The minimum absolute atomic E-state index is 0.0510. The fourth-order valence-corrected chi connectivity index (χ4v) is 4.56. The molecule has 2 aromatic carbocycles. The molecule has 0 atom stereocenters. The lowest BCUT2D eigenvalue weighted by Crippen LogP contribution is -2.40. The van der Waals surface area contributed by atoms with Gasteiger partial charge >= 0.3 is 0 Å². The van der Waals surface area contributed by atoms with E-state index in [9.17, 15) is 14.4 Å². The second-order valence-corrected chi connectivity index (χ2v) is 12.6. The summed E-state index contributed by atoms with van der Waals surface area (Å²) in [7, 11) is 0. The average Bonchev–Trinajstić information content (AvgIpc) is 2.85. The van der Waals surface area contributed by atoms with Crippen LogP contribution in [-0.2, 0) is 20.9 Å². The molecule has 0 saturated heterocycles. The quantitative estimate of drug-likeness (QED) is 0.368. The summed E-state index contributed by atoms with van der Waals surface area (Å²) in [5, 5.41) is 9.31. The van der Waals surface area contributed by atoms with Crippen LogP contribution in [0.4, 0.5) is 5.69 Å². The molecule has 0 bridgehead atoms. The fraction of sp³-hybridized carbons (Fsp3) is 0.469. The van der Waals surface area contributed by atoms with Crippen LogP contribution in [0.15, 0.2) is 48.5 Å². The van der Waals surface area contributed by atoms with E-state index >= 15 is 0 Å². The Bertz CT molecular complexity index is 1250. The van der Waals surface area contributed by atoms with E-state index in [0.717, 1.165) is 34.6 Å². The first-order valence-corrected chi connectivity index (χ1v) is 14.0. The lowest BCUT2D eigenvalue weighted by atomic mass is 9.93. The van der Waals surface area contributed by atoms with Gasteiger partial charge in [0.1, 0.15) is 0 Å². The second kappa shape index (κ2) is 13.0. The van der Waals surface area contributed by atoms with Crippen molar-refractivity contribution in [1.82, 2.24) is 16.0 Å². The lowest BCUT2D eigenvalue weighted by molar-refractivity contribution is -0.123. The molecular formula is C32H45N5O3. The maximum atomic E-state index is 13.5. The van der Waals surface area contributed by atoms with Crippen molar-refractivity contribution >= 4 is 34.8 Å². The summed E-state index contributed by atoms with van der Waals surface area (Å²) in [4.78, 5) is 39.6. The van der Waals surface area contributed by atoms with Crippen LogP contribution in [0.2, 0.25) is 0 Å². The topological polar surface area (TPSA) is 117 Å². The predicted octanol–water partition coefficient (Wildman–Crippen LogP) is 4.54. The molecule has 0 unspecified atom stereocenters. The zero-order valence-electron chi connectivity index (χ0n) is 24.8. The average molecular weight is 548 g/mol. The molecule has 1 heterocycles. The molecule has 0 spiro atoms. The van der Waals surface area contributed by atoms with E-state index in [2.05, 4.69) is 36.7 Å². The highest BCUT2D eigenvalue weighted by Gasteiger charge is 2.26. The van der Waals surface area contributed by atoms with Gasteiger partial charge in [0.05, 0.1) is 23.6 Å². The summed E-state index contributed by atoms with van der Waals surface area (Å²) >= 11 is 0. The number of rotatable bonds is 9. The van der Waals surface area contributed by atoms with E-state index in [1.54, 1.807) is 4.90 Å². The summed E-state index contributed by atoms with van der Waals surface area (Å²) < 4.78 is 0. The maximum Gasteiger partial charge on any atom is 0.229 e. The maximum absolute atomic E-state index is 13.5. The second-order valence-electron chi connectivity index (χ2n) is 12.6. The normalized spacial score (nSPS) is 15.3. The number of hydrogen-bond acceptors (Lipinski definition) is 5. The smallest absolute Gasteiger partial charge is 0.229 e. The Balaban J connectivity index is 1.72. The number of carbonyl (C=O) groups is 3. The van der Waals surface area contributed by atoms with Gasteiger partial charge in [-0.2, -0.15) is 0 Å². The number of nitrogens with two attached hydrogens (primary N) is 1. The number of amides is 3. The van der Waals surface area contributed by atoms with Gasteiger partial charge in [-0.05, 0) is 44.2 Å². The summed E-state index contributed by atoms with van der Waals surface area (Å²) in [5.74, 6) is -0.348. The Labute approximate surface area is 238 Å². The number of carbonyl (C=O) groups excluding carboxylic acids is 3. The molecule has 40 heavy (non-hydrogen) atoms. The van der Waals surface area contributed by atoms with Crippen molar-refractivity contribution in [3.05, 3.63) is 65.2 Å². The first-order chi connectivity index (χ1) is 18.7. The fourth-order valence-electron chi connectivity index (χ4n) is 4.56. The first kappa shape index (κ1) is 30.7. The van der Waals surface area contributed by atoms with Gasteiger partial charge in [0.2, 0.25) is 17.7 Å². The van der Waals surface area contributed by atoms with E-state index in [1.165, 1.54) is 0 Å². The van der Waals surface area contributed by atoms with Crippen LogP contribution in [0.5, 0.6) is 0 Å². The van der Waals surface area contributed by atoms with E-state index in [-0.39, 0.29) is 54.5 Å². The highest BCUT2D eigenvalue weighted by atomic mass is 16.2. The van der Waals surface area contributed by atoms with E-state index in [1.807, 2.05) is 69.3 Å². The zero-order chi connectivity index (χ0) is 29.5. The Hall–Kier alpha value is -3.81. The van der Waals surface area contributed by atoms with Crippen LogP contribution in [0.3, 0.4) is 0 Å². The van der Waals surface area contributed by atoms with Crippen molar-refractivity contribution in [3.8, 4) is 0 Å². The highest BCUT2D eigenvalue weighted by Crippen LogP contribution is 2.35. The van der Waals surface area contributed by atoms with Gasteiger partial charge < -0.3 is 26.6 Å². The molecule has 8 heteroatoms.